The van der Waals surface area contributed by atoms with Gasteiger partial charge < -0.3 is 5.32 Å². The van der Waals surface area contributed by atoms with Crippen molar-refractivity contribution in [1.82, 2.24) is 14.8 Å². The van der Waals surface area contributed by atoms with E-state index in [-0.39, 0.29) is 11.2 Å². The predicted molar refractivity (Wildman–Crippen MR) is 119 cm³/mol. The zero-order chi connectivity index (χ0) is 19.3. The number of carbonyl (C=O) groups excluding carboxylic acids is 1. The number of halogens is 1. The van der Waals surface area contributed by atoms with Crippen molar-refractivity contribution in [2.75, 3.05) is 11.1 Å². The fourth-order valence-electron chi connectivity index (χ4n) is 3.41. The van der Waals surface area contributed by atoms with Gasteiger partial charge in [0.25, 0.3) is 0 Å². The molecule has 2 aromatic carbocycles. The van der Waals surface area contributed by atoms with Crippen molar-refractivity contribution >= 4 is 61.0 Å². The minimum absolute atomic E-state index is 0.0222. The maximum Gasteiger partial charge on any atom is 0.235 e. The highest BCUT2D eigenvalue weighted by Crippen LogP contribution is 2.44. The van der Waals surface area contributed by atoms with Gasteiger partial charge in [0.15, 0.2) is 0 Å². The van der Waals surface area contributed by atoms with E-state index in [1.165, 1.54) is 0 Å². The van der Waals surface area contributed by atoms with Gasteiger partial charge in [-0.05, 0) is 36.8 Å². The first-order chi connectivity index (χ1) is 13.6. The summed E-state index contributed by atoms with van der Waals surface area (Å²) in [7, 11) is 0. The van der Waals surface area contributed by atoms with Crippen LogP contribution in [0.4, 0.5) is 5.82 Å². The summed E-state index contributed by atoms with van der Waals surface area (Å²) < 4.78 is 3.90. The number of anilines is 1. The molecule has 28 heavy (non-hydrogen) atoms. The van der Waals surface area contributed by atoms with E-state index in [2.05, 4.69) is 33.4 Å². The van der Waals surface area contributed by atoms with E-state index in [1.54, 1.807) is 27.8 Å². The Hall–Kier alpha value is -2.16. The van der Waals surface area contributed by atoms with Gasteiger partial charge in [0.1, 0.15) is 5.82 Å². The third-order valence-electron chi connectivity index (χ3n) is 4.62. The Kier molecular flexibility index (Phi) is 4.49. The minimum Gasteiger partial charge on any atom is -0.310 e. The molecule has 5 rings (SSSR count). The molecule has 2 aromatic heterocycles. The zero-order valence-electron chi connectivity index (χ0n) is 14.8. The van der Waals surface area contributed by atoms with Gasteiger partial charge in [0.05, 0.1) is 26.9 Å². The first-order valence-corrected chi connectivity index (χ1v) is 11.4. The largest absolute Gasteiger partial charge is 0.310 e. The lowest BCUT2D eigenvalue weighted by Crippen LogP contribution is -2.15. The molecule has 0 fully saturated rings. The zero-order valence-corrected chi connectivity index (χ0v) is 18.1. The Morgan fingerprint density at radius 1 is 1.21 bits per heavy atom. The van der Waals surface area contributed by atoms with Crippen molar-refractivity contribution in [3.63, 3.8) is 0 Å². The quantitative estimate of drug-likeness (QED) is 0.430. The van der Waals surface area contributed by atoms with Crippen LogP contribution in [0.25, 0.3) is 15.3 Å². The van der Waals surface area contributed by atoms with Crippen molar-refractivity contribution in [2.45, 2.75) is 12.2 Å². The lowest BCUT2D eigenvalue weighted by molar-refractivity contribution is -0.113. The van der Waals surface area contributed by atoms with E-state index in [0.717, 1.165) is 42.5 Å². The molecule has 0 spiro atoms. The molecular formula is C20H15BrN4OS2. The SMILES string of the molecule is Cc1nn(-c2nc3ccccc3s2)c2c1[C@@H](c1cccc(Br)c1)SCC(=O)N2. The second kappa shape index (κ2) is 7.02. The lowest BCUT2D eigenvalue weighted by atomic mass is 10.0. The van der Waals surface area contributed by atoms with Gasteiger partial charge in [0, 0.05) is 10.0 Å². The fraction of sp³-hybridized carbons (Fsp3) is 0.150. The Bertz CT molecular complexity index is 1180. The van der Waals surface area contributed by atoms with Crippen molar-refractivity contribution in [3.05, 3.63) is 69.8 Å². The maximum atomic E-state index is 12.5. The van der Waals surface area contributed by atoms with Gasteiger partial charge in [-0.25, -0.2) is 4.98 Å². The van der Waals surface area contributed by atoms with Crippen LogP contribution < -0.4 is 5.32 Å². The summed E-state index contributed by atoms with van der Waals surface area (Å²) in [6.45, 7) is 1.99. The summed E-state index contributed by atoms with van der Waals surface area (Å²) in [6.07, 6.45) is 0. The molecule has 4 aromatic rings. The second-order valence-corrected chi connectivity index (χ2v) is 9.54. The van der Waals surface area contributed by atoms with Crippen LogP contribution in [0.2, 0.25) is 0 Å². The first kappa shape index (κ1) is 17.9. The van der Waals surface area contributed by atoms with Crippen LogP contribution in [0.1, 0.15) is 22.1 Å². The van der Waals surface area contributed by atoms with E-state index < -0.39 is 0 Å². The number of aromatic nitrogens is 3. The summed E-state index contributed by atoms with van der Waals surface area (Å²) in [5.74, 6) is 1.09. The number of fused-ring (bicyclic) bond motifs is 2. The van der Waals surface area contributed by atoms with E-state index in [9.17, 15) is 4.79 Å². The molecule has 1 amide bonds. The van der Waals surface area contributed by atoms with Crippen LogP contribution in [-0.2, 0) is 4.79 Å². The molecule has 0 saturated heterocycles. The summed E-state index contributed by atoms with van der Waals surface area (Å²) >= 11 is 6.75. The number of nitrogens with one attached hydrogen (secondary N) is 1. The highest BCUT2D eigenvalue weighted by molar-refractivity contribution is 9.10. The predicted octanol–water partition coefficient (Wildman–Crippen LogP) is 5.33. The van der Waals surface area contributed by atoms with Crippen LogP contribution in [-0.4, -0.2) is 26.4 Å². The number of nitrogens with zero attached hydrogens (tertiary/aromatic N) is 3. The Morgan fingerprint density at radius 2 is 2.07 bits per heavy atom. The third kappa shape index (κ3) is 3.05. The van der Waals surface area contributed by atoms with Gasteiger partial charge in [-0.3, -0.25) is 4.79 Å². The number of para-hydroxylation sites is 1. The molecule has 0 bridgehead atoms. The monoisotopic (exact) mass is 470 g/mol. The molecule has 0 unspecified atom stereocenters. The molecular weight excluding hydrogens is 456 g/mol. The van der Waals surface area contributed by atoms with Crippen molar-refractivity contribution in [1.29, 1.82) is 0 Å². The van der Waals surface area contributed by atoms with Crippen molar-refractivity contribution < 1.29 is 4.79 Å². The van der Waals surface area contributed by atoms with Gasteiger partial charge in [-0.1, -0.05) is 51.5 Å². The molecule has 8 heteroatoms. The summed E-state index contributed by atoms with van der Waals surface area (Å²) in [5, 5.41) is 8.60. The van der Waals surface area contributed by atoms with Gasteiger partial charge >= 0.3 is 0 Å². The van der Waals surface area contributed by atoms with Crippen molar-refractivity contribution in [2.24, 2.45) is 0 Å². The number of hydrogen-bond donors (Lipinski definition) is 1. The third-order valence-corrected chi connectivity index (χ3v) is 7.40. The molecule has 1 aliphatic rings. The van der Waals surface area contributed by atoms with E-state index >= 15 is 0 Å². The average Bonchev–Trinajstić information content (AvgIpc) is 3.18. The van der Waals surface area contributed by atoms with Gasteiger partial charge in [0.2, 0.25) is 11.0 Å². The summed E-state index contributed by atoms with van der Waals surface area (Å²) in [4.78, 5) is 17.2. The first-order valence-electron chi connectivity index (χ1n) is 8.72. The fourth-order valence-corrected chi connectivity index (χ4v) is 5.92. The molecule has 1 aliphatic heterocycles. The number of amides is 1. The van der Waals surface area contributed by atoms with Crippen LogP contribution in [0.5, 0.6) is 0 Å². The molecule has 0 aliphatic carbocycles. The smallest absolute Gasteiger partial charge is 0.235 e. The van der Waals surface area contributed by atoms with Crippen molar-refractivity contribution in [3.8, 4) is 5.13 Å². The Labute approximate surface area is 178 Å². The molecule has 0 saturated carbocycles. The van der Waals surface area contributed by atoms with E-state index in [0.29, 0.717) is 5.75 Å². The second-order valence-electron chi connectivity index (χ2n) is 6.52. The number of thiazole rings is 1. The Balaban J connectivity index is 1.70. The maximum absolute atomic E-state index is 12.5. The molecule has 0 radical (unpaired) electrons. The highest BCUT2D eigenvalue weighted by Gasteiger charge is 2.31. The lowest BCUT2D eigenvalue weighted by Gasteiger charge is -2.15. The topological polar surface area (TPSA) is 59.8 Å². The normalized spacial score (nSPS) is 16.6. The molecule has 5 nitrogen and oxygen atoms in total. The molecule has 1 atom stereocenters. The van der Waals surface area contributed by atoms with Crippen LogP contribution in [0, 0.1) is 6.92 Å². The average molecular weight is 471 g/mol. The summed E-state index contributed by atoms with van der Waals surface area (Å²) in [6, 6.07) is 16.2. The summed E-state index contributed by atoms with van der Waals surface area (Å²) in [5.41, 5.74) is 4.01. The van der Waals surface area contributed by atoms with E-state index in [4.69, 9.17) is 10.1 Å². The number of aryl methyl sites for hydroxylation is 1. The van der Waals surface area contributed by atoms with Gasteiger partial charge in [-0.15, -0.1) is 11.8 Å². The van der Waals surface area contributed by atoms with Crippen LogP contribution in [0.15, 0.2) is 53.0 Å². The number of benzene rings is 2. The standard InChI is InChI=1S/C20H15BrN4OS2/c1-11-17-18(12-5-4-6-13(21)9-12)27-10-16(26)23-19(17)25(24-11)20-22-14-7-2-3-8-15(14)28-20/h2-9,18H,10H2,1H3,(H,23,26)/t18-/m1/s1. The number of hydrogen-bond acceptors (Lipinski definition) is 5. The van der Waals surface area contributed by atoms with E-state index in [1.807, 2.05) is 43.3 Å². The Morgan fingerprint density at radius 3 is 2.89 bits per heavy atom. The van der Waals surface area contributed by atoms with Crippen LogP contribution in [0.3, 0.4) is 0 Å². The number of carbonyl (C=O) groups is 1. The molecule has 140 valence electrons. The highest BCUT2D eigenvalue weighted by atomic mass is 79.9. The van der Waals surface area contributed by atoms with Gasteiger partial charge in [-0.2, -0.15) is 9.78 Å². The molecule has 3 heterocycles. The minimum atomic E-state index is -0.0222. The number of rotatable bonds is 2. The molecule has 1 N–H and O–H groups in total. The van der Waals surface area contributed by atoms with Crippen LogP contribution >= 0.6 is 39.0 Å². The number of thioether (sulfide) groups is 1.